The van der Waals surface area contributed by atoms with E-state index in [4.69, 9.17) is 14.7 Å². The summed E-state index contributed by atoms with van der Waals surface area (Å²) in [5, 5.41) is 25.9. The monoisotopic (exact) mass is 671 g/mol. The van der Waals surface area contributed by atoms with E-state index < -0.39 is 9.84 Å². The summed E-state index contributed by atoms with van der Waals surface area (Å²) in [4.78, 5) is 24.5. The number of rotatable bonds is 10. The number of amides is 1. The molecule has 1 aliphatic rings. The molecule has 0 aliphatic carbocycles. The van der Waals surface area contributed by atoms with Crippen molar-refractivity contribution in [3.63, 3.8) is 0 Å². The normalized spacial score (nSPS) is 14.2. The summed E-state index contributed by atoms with van der Waals surface area (Å²) >= 11 is 1.52. The summed E-state index contributed by atoms with van der Waals surface area (Å²) in [7, 11) is -3.30. The predicted octanol–water partition coefficient (Wildman–Crippen LogP) is 4.68. The van der Waals surface area contributed by atoms with E-state index in [-0.39, 0.29) is 23.4 Å². The number of nitrogens with zero attached hydrogens (tertiary/aromatic N) is 7. The molecule has 0 spiro atoms. The van der Waals surface area contributed by atoms with Crippen LogP contribution in [-0.4, -0.2) is 69.6 Å². The van der Waals surface area contributed by atoms with E-state index in [0.29, 0.717) is 35.4 Å². The fourth-order valence-electron chi connectivity index (χ4n) is 5.51. The minimum atomic E-state index is -3.30. The minimum absolute atomic E-state index is 0.0166. The fraction of sp³-hybridized carbons (Fsp3) is 0.312. The van der Waals surface area contributed by atoms with Crippen LogP contribution in [0.1, 0.15) is 35.2 Å². The second-order valence-electron chi connectivity index (χ2n) is 11.6. The van der Waals surface area contributed by atoms with Crippen LogP contribution in [0.2, 0.25) is 0 Å². The highest BCUT2D eigenvalue weighted by Crippen LogP contribution is 2.36. The van der Waals surface area contributed by atoms with Crippen LogP contribution in [0.4, 0.5) is 11.6 Å². The molecular weight excluding hydrogens is 639 g/mol. The van der Waals surface area contributed by atoms with Gasteiger partial charge in [-0.15, -0.1) is 16.4 Å². The SMILES string of the molecule is Cc1cc(C#N)cc(C)c1Oc1nc(NC2CCN(Cc3cn(CC(=O)Nc4ccc(S(C)(=O)=O)cc4)nn3)CC2)nc2ccsc12. The van der Waals surface area contributed by atoms with Gasteiger partial charge in [0.25, 0.3) is 0 Å². The van der Waals surface area contributed by atoms with E-state index in [2.05, 4.69) is 31.9 Å². The highest BCUT2D eigenvalue weighted by Gasteiger charge is 2.22. The topological polar surface area (TPSA) is 168 Å². The summed E-state index contributed by atoms with van der Waals surface area (Å²) < 4.78 is 32.0. The van der Waals surface area contributed by atoms with Gasteiger partial charge in [0.05, 0.1) is 33.9 Å². The molecule has 1 saturated heterocycles. The molecule has 2 aromatic carbocycles. The largest absolute Gasteiger partial charge is 0.437 e. The number of hydrogen-bond donors (Lipinski definition) is 2. The Labute approximate surface area is 276 Å². The molecule has 3 aromatic heterocycles. The summed E-state index contributed by atoms with van der Waals surface area (Å²) in [6.07, 6.45) is 4.66. The Morgan fingerprint density at radius 1 is 1.11 bits per heavy atom. The van der Waals surface area contributed by atoms with Crippen molar-refractivity contribution < 1.29 is 17.9 Å². The zero-order valence-corrected chi connectivity index (χ0v) is 27.7. The van der Waals surface area contributed by atoms with E-state index in [1.807, 2.05) is 37.4 Å². The first-order valence-corrected chi connectivity index (χ1v) is 17.7. The Morgan fingerprint density at radius 3 is 2.51 bits per heavy atom. The molecule has 0 radical (unpaired) electrons. The lowest BCUT2D eigenvalue weighted by Crippen LogP contribution is -2.39. The van der Waals surface area contributed by atoms with Crippen LogP contribution in [0.3, 0.4) is 0 Å². The molecule has 1 fully saturated rings. The lowest BCUT2D eigenvalue weighted by molar-refractivity contribution is -0.116. The van der Waals surface area contributed by atoms with Crippen LogP contribution in [0.5, 0.6) is 11.6 Å². The van der Waals surface area contributed by atoms with E-state index in [1.54, 1.807) is 18.3 Å². The van der Waals surface area contributed by atoms with Crippen LogP contribution in [0.15, 0.2) is 58.9 Å². The van der Waals surface area contributed by atoms with Gasteiger partial charge in [-0.05, 0) is 85.7 Å². The summed E-state index contributed by atoms with van der Waals surface area (Å²) in [5.74, 6) is 1.40. The van der Waals surface area contributed by atoms with Crippen molar-refractivity contribution in [3.05, 3.63) is 76.4 Å². The Morgan fingerprint density at radius 2 is 1.83 bits per heavy atom. The van der Waals surface area contributed by atoms with Crippen LogP contribution in [-0.2, 0) is 27.7 Å². The van der Waals surface area contributed by atoms with Gasteiger partial charge < -0.3 is 15.4 Å². The first kappa shape index (κ1) is 32.0. The highest BCUT2D eigenvalue weighted by molar-refractivity contribution is 7.90. The average molecular weight is 672 g/mol. The summed E-state index contributed by atoms with van der Waals surface area (Å²) in [6, 6.07) is 14.0. The van der Waals surface area contributed by atoms with Gasteiger partial charge in [-0.3, -0.25) is 9.69 Å². The Bertz CT molecular complexity index is 2050. The van der Waals surface area contributed by atoms with Crippen LogP contribution in [0.25, 0.3) is 10.2 Å². The fourth-order valence-corrected chi connectivity index (χ4v) is 6.90. The second kappa shape index (κ2) is 13.4. The molecular formula is C32H33N9O4S2. The van der Waals surface area contributed by atoms with Crippen molar-refractivity contribution in [2.24, 2.45) is 0 Å². The summed E-state index contributed by atoms with van der Waals surface area (Å²) in [5.41, 5.74) is 4.41. The number of sulfone groups is 1. The Kier molecular flexibility index (Phi) is 9.17. The quantitative estimate of drug-likeness (QED) is 0.211. The Hall–Kier alpha value is -4.91. The Balaban J connectivity index is 1.02. The van der Waals surface area contributed by atoms with Gasteiger partial charge in [0.15, 0.2) is 9.84 Å². The lowest BCUT2D eigenvalue weighted by atomic mass is 10.1. The molecule has 13 nitrogen and oxygen atoms in total. The number of nitriles is 1. The number of ether oxygens (including phenoxy) is 1. The lowest BCUT2D eigenvalue weighted by Gasteiger charge is -2.31. The third kappa shape index (κ3) is 7.74. The summed E-state index contributed by atoms with van der Waals surface area (Å²) in [6.45, 7) is 6.11. The predicted molar refractivity (Wildman–Crippen MR) is 178 cm³/mol. The molecule has 1 aliphatic heterocycles. The zero-order chi connectivity index (χ0) is 33.1. The minimum Gasteiger partial charge on any atom is -0.437 e. The maximum Gasteiger partial charge on any atom is 0.246 e. The number of piperidine rings is 1. The number of anilines is 2. The smallest absolute Gasteiger partial charge is 0.246 e. The average Bonchev–Trinajstić information content (AvgIpc) is 3.69. The molecule has 1 amide bonds. The maximum atomic E-state index is 12.5. The molecule has 4 heterocycles. The van der Waals surface area contributed by atoms with Crippen molar-refractivity contribution in [3.8, 4) is 17.7 Å². The van der Waals surface area contributed by atoms with Crippen molar-refractivity contribution in [1.82, 2.24) is 29.9 Å². The standard InChI is InChI=1S/C32H33N9O4S2/c1-20-14-22(16-33)15-21(2)29(20)45-31-30-27(10-13-46-30)36-32(37-31)35-24-8-11-40(12-9-24)17-25-18-41(39-38-25)19-28(42)34-23-4-6-26(7-5-23)47(3,43)44/h4-7,10,13-15,18,24H,8-9,11-12,17,19H2,1-3H3,(H,34,42)(H,35,36,37). The van der Waals surface area contributed by atoms with Crippen molar-refractivity contribution >= 4 is 48.9 Å². The van der Waals surface area contributed by atoms with E-state index in [1.165, 1.54) is 28.2 Å². The maximum absolute atomic E-state index is 12.5. The molecule has 5 aromatic rings. The van der Waals surface area contributed by atoms with Crippen LogP contribution < -0.4 is 15.4 Å². The molecule has 15 heteroatoms. The molecule has 47 heavy (non-hydrogen) atoms. The van der Waals surface area contributed by atoms with Crippen molar-refractivity contribution in [2.75, 3.05) is 30.0 Å². The number of carbonyl (C=O) groups excluding carboxylic acids is 1. The number of carbonyl (C=O) groups is 1. The van der Waals surface area contributed by atoms with Gasteiger partial charge in [-0.25, -0.2) is 18.1 Å². The van der Waals surface area contributed by atoms with Gasteiger partial charge in [0, 0.05) is 37.6 Å². The van der Waals surface area contributed by atoms with Gasteiger partial charge in [0.2, 0.25) is 17.7 Å². The van der Waals surface area contributed by atoms with Crippen LogP contribution in [0, 0.1) is 25.2 Å². The number of likely N-dealkylation sites (tertiary alicyclic amines) is 1. The van der Waals surface area contributed by atoms with E-state index >= 15 is 0 Å². The molecule has 0 atom stereocenters. The number of fused-ring (bicyclic) bond motifs is 1. The highest BCUT2D eigenvalue weighted by atomic mass is 32.2. The van der Waals surface area contributed by atoms with Gasteiger partial charge in [0.1, 0.15) is 17.0 Å². The first-order valence-electron chi connectivity index (χ1n) is 15.0. The third-order valence-electron chi connectivity index (χ3n) is 7.82. The number of hydrogen-bond acceptors (Lipinski definition) is 12. The van der Waals surface area contributed by atoms with Crippen molar-refractivity contribution in [1.29, 1.82) is 5.26 Å². The zero-order valence-electron chi connectivity index (χ0n) is 26.1. The van der Waals surface area contributed by atoms with Crippen molar-refractivity contribution in [2.45, 2.75) is 50.7 Å². The molecule has 0 saturated carbocycles. The molecule has 2 N–H and O–H groups in total. The number of aryl methyl sites for hydroxylation is 2. The number of benzene rings is 2. The molecule has 0 bridgehead atoms. The van der Waals surface area contributed by atoms with E-state index in [0.717, 1.165) is 59.2 Å². The third-order valence-corrected chi connectivity index (χ3v) is 9.85. The van der Waals surface area contributed by atoms with E-state index in [9.17, 15) is 18.5 Å². The molecule has 0 unspecified atom stereocenters. The first-order chi connectivity index (χ1) is 22.5. The number of nitrogens with one attached hydrogen (secondary N) is 2. The van der Waals surface area contributed by atoms with Gasteiger partial charge in [-0.2, -0.15) is 10.2 Å². The second-order valence-corrected chi connectivity index (χ2v) is 14.5. The molecule has 6 rings (SSSR count). The number of aromatic nitrogens is 5. The molecule has 242 valence electrons. The van der Waals surface area contributed by atoms with Gasteiger partial charge in [-0.1, -0.05) is 5.21 Å². The number of thiophene rings is 1. The van der Waals surface area contributed by atoms with Crippen LogP contribution >= 0.6 is 11.3 Å². The van der Waals surface area contributed by atoms with Gasteiger partial charge >= 0.3 is 0 Å².